The van der Waals surface area contributed by atoms with Crippen LogP contribution in [0.15, 0.2) is 12.7 Å². The molecule has 0 aliphatic carbocycles. The van der Waals surface area contributed by atoms with E-state index in [1.165, 1.54) is 0 Å². The maximum Gasteiger partial charge on any atom is 0.251 e. The predicted molar refractivity (Wildman–Crippen MR) is 91.5 cm³/mol. The monoisotopic (exact) mass is 335 g/mol. The van der Waals surface area contributed by atoms with Gasteiger partial charge in [0.15, 0.2) is 0 Å². The molecule has 6 heteroatoms. The molecule has 3 rings (SSSR count). The predicted octanol–water partition coefficient (Wildman–Crippen LogP) is 0.875. The molecule has 24 heavy (non-hydrogen) atoms. The third-order valence-electron chi connectivity index (χ3n) is 5.61. The zero-order valence-corrected chi connectivity index (χ0v) is 14.9. The summed E-state index contributed by atoms with van der Waals surface area (Å²) in [5.41, 5.74) is -0.592. The molecule has 6 nitrogen and oxygen atoms in total. The number of nitrogens with zero attached hydrogens (tertiary/aromatic N) is 3. The van der Waals surface area contributed by atoms with Crippen molar-refractivity contribution in [2.75, 3.05) is 39.3 Å². The van der Waals surface area contributed by atoms with Crippen molar-refractivity contribution in [2.24, 2.45) is 0 Å². The number of likely N-dealkylation sites (tertiary alicyclic amines) is 1. The number of rotatable bonds is 4. The SMILES string of the molecule is C=CCN1CCN(C(C)C)C(=O)[C@@]12CCN(C(=O)[C@H]1CCCO1)C2. The van der Waals surface area contributed by atoms with Crippen LogP contribution in [0.3, 0.4) is 0 Å². The molecule has 0 aromatic carbocycles. The van der Waals surface area contributed by atoms with E-state index in [1.807, 2.05) is 15.9 Å². The van der Waals surface area contributed by atoms with Crippen LogP contribution >= 0.6 is 0 Å². The minimum Gasteiger partial charge on any atom is -0.368 e. The lowest BCUT2D eigenvalue weighted by Crippen LogP contribution is -2.68. The summed E-state index contributed by atoms with van der Waals surface area (Å²) in [6.07, 6.45) is 3.97. The summed E-state index contributed by atoms with van der Waals surface area (Å²) in [7, 11) is 0. The molecule has 3 aliphatic rings. The number of piperazine rings is 1. The molecule has 3 heterocycles. The Morgan fingerprint density at radius 1 is 1.42 bits per heavy atom. The zero-order valence-electron chi connectivity index (χ0n) is 14.9. The summed E-state index contributed by atoms with van der Waals surface area (Å²) in [4.78, 5) is 32.0. The van der Waals surface area contributed by atoms with E-state index in [4.69, 9.17) is 4.74 Å². The third-order valence-corrected chi connectivity index (χ3v) is 5.61. The lowest BCUT2D eigenvalue weighted by molar-refractivity contribution is -0.153. The molecule has 134 valence electrons. The number of hydrogen-bond donors (Lipinski definition) is 0. The zero-order chi connectivity index (χ0) is 17.3. The van der Waals surface area contributed by atoms with Crippen LogP contribution in [-0.2, 0) is 14.3 Å². The Balaban J connectivity index is 1.80. The van der Waals surface area contributed by atoms with Gasteiger partial charge in [-0.15, -0.1) is 6.58 Å². The summed E-state index contributed by atoms with van der Waals surface area (Å²) in [5, 5.41) is 0. The van der Waals surface area contributed by atoms with Crippen LogP contribution in [0.2, 0.25) is 0 Å². The molecule has 0 aromatic heterocycles. The highest BCUT2D eigenvalue weighted by Crippen LogP contribution is 2.34. The Hall–Kier alpha value is -1.40. The normalized spacial score (nSPS) is 31.5. The molecule has 3 saturated heterocycles. The minimum absolute atomic E-state index is 0.0531. The van der Waals surface area contributed by atoms with Gasteiger partial charge in [0.25, 0.3) is 5.91 Å². The smallest absolute Gasteiger partial charge is 0.251 e. The fourth-order valence-corrected chi connectivity index (χ4v) is 4.25. The van der Waals surface area contributed by atoms with E-state index in [0.29, 0.717) is 32.7 Å². The van der Waals surface area contributed by atoms with Crippen LogP contribution in [-0.4, -0.2) is 83.5 Å². The average Bonchev–Trinajstić information content (AvgIpc) is 3.22. The van der Waals surface area contributed by atoms with Gasteiger partial charge in [0, 0.05) is 45.4 Å². The fraction of sp³-hybridized carbons (Fsp3) is 0.778. The third kappa shape index (κ3) is 2.86. The summed E-state index contributed by atoms with van der Waals surface area (Å²) in [6, 6.07) is 0.183. The second kappa shape index (κ2) is 6.84. The summed E-state index contributed by atoms with van der Waals surface area (Å²) in [5.74, 6) is 0.214. The van der Waals surface area contributed by atoms with E-state index >= 15 is 0 Å². The first-order valence-electron chi connectivity index (χ1n) is 9.07. The van der Waals surface area contributed by atoms with Crippen LogP contribution in [0.5, 0.6) is 0 Å². The minimum atomic E-state index is -0.592. The Morgan fingerprint density at radius 2 is 2.21 bits per heavy atom. The number of ether oxygens (including phenoxy) is 1. The van der Waals surface area contributed by atoms with E-state index < -0.39 is 5.54 Å². The van der Waals surface area contributed by atoms with Gasteiger partial charge in [0.05, 0.1) is 0 Å². The maximum absolute atomic E-state index is 13.2. The van der Waals surface area contributed by atoms with Gasteiger partial charge in [-0.25, -0.2) is 0 Å². The van der Waals surface area contributed by atoms with E-state index in [2.05, 4.69) is 25.3 Å². The van der Waals surface area contributed by atoms with Crippen molar-refractivity contribution >= 4 is 11.8 Å². The molecule has 3 fully saturated rings. The van der Waals surface area contributed by atoms with Crippen LogP contribution < -0.4 is 0 Å². The van der Waals surface area contributed by atoms with E-state index in [9.17, 15) is 9.59 Å². The van der Waals surface area contributed by atoms with Gasteiger partial charge in [-0.3, -0.25) is 14.5 Å². The molecule has 0 N–H and O–H groups in total. The molecular formula is C18H29N3O3. The van der Waals surface area contributed by atoms with Crippen molar-refractivity contribution in [2.45, 2.75) is 50.8 Å². The van der Waals surface area contributed by atoms with Crippen molar-refractivity contribution in [1.29, 1.82) is 0 Å². The Morgan fingerprint density at radius 3 is 2.83 bits per heavy atom. The number of hydrogen-bond acceptors (Lipinski definition) is 4. The standard InChI is InChI=1S/C18H29N3O3/c1-4-8-20-10-11-21(14(2)3)17(23)18(20)7-9-19(13-18)16(22)15-6-5-12-24-15/h4,14-15H,1,5-13H2,2-3H3/t15-,18+/m1/s1. The van der Waals surface area contributed by atoms with Crippen LogP contribution in [0.25, 0.3) is 0 Å². The van der Waals surface area contributed by atoms with Crippen molar-refractivity contribution in [1.82, 2.24) is 14.7 Å². The second-order valence-electron chi connectivity index (χ2n) is 7.37. The molecule has 0 radical (unpaired) electrons. The van der Waals surface area contributed by atoms with Gasteiger partial charge in [0.2, 0.25) is 5.91 Å². The van der Waals surface area contributed by atoms with E-state index in [1.54, 1.807) is 0 Å². The fourth-order valence-electron chi connectivity index (χ4n) is 4.25. The van der Waals surface area contributed by atoms with Crippen LogP contribution in [0.4, 0.5) is 0 Å². The highest BCUT2D eigenvalue weighted by atomic mass is 16.5. The van der Waals surface area contributed by atoms with Crippen LogP contribution in [0, 0.1) is 0 Å². The quantitative estimate of drug-likeness (QED) is 0.716. The summed E-state index contributed by atoms with van der Waals surface area (Å²) in [6.45, 7) is 12.0. The molecular weight excluding hydrogens is 306 g/mol. The van der Waals surface area contributed by atoms with Crippen molar-refractivity contribution in [3.8, 4) is 0 Å². The number of carbonyl (C=O) groups is 2. The Bertz CT molecular complexity index is 516. The van der Waals surface area contributed by atoms with Gasteiger partial charge in [-0.1, -0.05) is 6.08 Å². The Kier molecular flexibility index (Phi) is 4.97. The molecule has 2 atom stereocenters. The molecule has 0 saturated carbocycles. The highest BCUT2D eigenvalue weighted by Gasteiger charge is 2.54. The van der Waals surface area contributed by atoms with Gasteiger partial charge in [-0.05, 0) is 33.1 Å². The maximum atomic E-state index is 13.2. The Labute approximate surface area is 144 Å². The topological polar surface area (TPSA) is 53.1 Å². The van der Waals surface area contributed by atoms with Gasteiger partial charge in [-0.2, -0.15) is 0 Å². The van der Waals surface area contributed by atoms with E-state index in [0.717, 1.165) is 25.9 Å². The molecule has 0 aromatic rings. The largest absolute Gasteiger partial charge is 0.368 e. The number of carbonyl (C=O) groups excluding carboxylic acids is 2. The average molecular weight is 335 g/mol. The van der Waals surface area contributed by atoms with Crippen molar-refractivity contribution in [3.63, 3.8) is 0 Å². The lowest BCUT2D eigenvalue weighted by Gasteiger charge is -2.48. The first-order valence-corrected chi connectivity index (χ1v) is 9.07. The first kappa shape index (κ1) is 17.4. The van der Waals surface area contributed by atoms with Gasteiger partial charge < -0.3 is 14.5 Å². The van der Waals surface area contributed by atoms with Crippen LogP contribution in [0.1, 0.15) is 33.1 Å². The second-order valence-corrected chi connectivity index (χ2v) is 7.37. The molecule has 1 spiro atoms. The number of amides is 2. The first-order chi connectivity index (χ1) is 11.5. The molecule has 3 aliphatic heterocycles. The molecule has 2 amide bonds. The summed E-state index contributed by atoms with van der Waals surface area (Å²) >= 11 is 0. The van der Waals surface area contributed by atoms with Gasteiger partial charge in [0.1, 0.15) is 11.6 Å². The summed E-state index contributed by atoms with van der Waals surface area (Å²) < 4.78 is 5.55. The molecule has 0 unspecified atom stereocenters. The molecule has 0 bridgehead atoms. The van der Waals surface area contributed by atoms with Crippen molar-refractivity contribution in [3.05, 3.63) is 12.7 Å². The lowest BCUT2D eigenvalue weighted by atomic mass is 9.90. The van der Waals surface area contributed by atoms with Crippen molar-refractivity contribution < 1.29 is 14.3 Å². The van der Waals surface area contributed by atoms with Gasteiger partial charge >= 0.3 is 0 Å². The van der Waals surface area contributed by atoms with E-state index in [-0.39, 0.29) is 24.0 Å². The highest BCUT2D eigenvalue weighted by molar-refractivity contribution is 5.90.